The lowest BCUT2D eigenvalue weighted by Crippen LogP contribution is -2.48. The van der Waals surface area contributed by atoms with E-state index in [1.165, 1.54) is 6.33 Å². The van der Waals surface area contributed by atoms with Gasteiger partial charge in [0.05, 0.1) is 5.56 Å². The highest BCUT2D eigenvalue weighted by atomic mass is 16.1. The topological polar surface area (TPSA) is 94.8 Å². The third kappa shape index (κ3) is 3.43. The molecule has 116 valence electrons. The van der Waals surface area contributed by atoms with Crippen LogP contribution in [0, 0.1) is 11.3 Å². The number of hydrogen-bond acceptors (Lipinski definition) is 6. The third-order valence-corrected chi connectivity index (χ3v) is 3.78. The van der Waals surface area contributed by atoms with Gasteiger partial charge in [-0.2, -0.15) is 5.26 Å². The van der Waals surface area contributed by atoms with Crippen molar-refractivity contribution in [1.29, 1.82) is 5.26 Å². The maximum atomic E-state index is 12.2. The van der Waals surface area contributed by atoms with Crippen LogP contribution >= 0.6 is 0 Å². The number of carbonyl (C=O) groups is 1. The highest BCUT2D eigenvalue weighted by Crippen LogP contribution is 2.21. The van der Waals surface area contributed by atoms with Crippen LogP contribution in [0.5, 0.6) is 0 Å². The molecule has 23 heavy (non-hydrogen) atoms. The highest BCUT2D eigenvalue weighted by Gasteiger charge is 2.24. The summed E-state index contributed by atoms with van der Waals surface area (Å²) in [6, 6.07) is 7.26. The van der Waals surface area contributed by atoms with Gasteiger partial charge in [-0.3, -0.25) is 4.79 Å². The lowest BCUT2D eigenvalue weighted by Gasteiger charge is -2.34. The fourth-order valence-electron chi connectivity index (χ4n) is 2.71. The molecule has 1 unspecified atom stereocenters. The standard InChI is InChI=1S/C16H16N6O/c17-9-12-3-1-6-19-15(12)22-8-2-4-13(10-22)21-16(23)14-5-7-18-11-20-14/h1,3,5-7,11,13H,2,4,8,10H2,(H,21,23). The second-order valence-corrected chi connectivity index (χ2v) is 5.34. The Hall–Kier alpha value is -3.01. The smallest absolute Gasteiger partial charge is 0.270 e. The summed E-state index contributed by atoms with van der Waals surface area (Å²) < 4.78 is 0. The van der Waals surface area contributed by atoms with Crippen molar-refractivity contribution in [2.75, 3.05) is 18.0 Å². The van der Waals surface area contributed by atoms with E-state index in [1.807, 2.05) is 4.90 Å². The lowest BCUT2D eigenvalue weighted by molar-refractivity contribution is 0.0928. The average Bonchev–Trinajstić information content (AvgIpc) is 2.62. The zero-order chi connectivity index (χ0) is 16.1. The molecule has 2 aromatic heterocycles. The number of nitriles is 1. The van der Waals surface area contributed by atoms with Crippen LogP contribution in [0.2, 0.25) is 0 Å². The van der Waals surface area contributed by atoms with Gasteiger partial charge in [0.25, 0.3) is 5.91 Å². The molecule has 0 radical (unpaired) electrons. The zero-order valence-corrected chi connectivity index (χ0v) is 12.5. The largest absolute Gasteiger partial charge is 0.353 e. The van der Waals surface area contributed by atoms with Gasteiger partial charge < -0.3 is 10.2 Å². The van der Waals surface area contributed by atoms with Crippen LogP contribution in [-0.2, 0) is 0 Å². The van der Waals surface area contributed by atoms with Gasteiger partial charge in [0.2, 0.25) is 0 Å². The van der Waals surface area contributed by atoms with E-state index in [-0.39, 0.29) is 11.9 Å². The maximum absolute atomic E-state index is 12.2. The Morgan fingerprint density at radius 2 is 2.26 bits per heavy atom. The molecule has 0 spiro atoms. The number of rotatable bonds is 3. The van der Waals surface area contributed by atoms with Crippen molar-refractivity contribution in [3.8, 4) is 6.07 Å². The molecule has 0 aromatic carbocycles. The number of anilines is 1. The highest BCUT2D eigenvalue weighted by molar-refractivity contribution is 5.92. The first-order chi connectivity index (χ1) is 11.3. The number of nitrogens with zero attached hydrogens (tertiary/aromatic N) is 5. The van der Waals surface area contributed by atoms with Gasteiger partial charge in [-0.05, 0) is 31.0 Å². The van der Waals surface area contributed by atoms with Crippen molar-refractivity contribution in [3.63, 3.8) is 0 Å². The zero-order valence-electron chi connectivity index (χ0n) is 12.5. The Balaban J connectivity index is 1.69. The van der Waals surface area contributed by atoms with Crippen molar-refractivity contribution in [1.82, 2.24) is 20.3 Å². The predicted octanol–water partition coefficient (Wildman–Crippen LogP) is 1.14. The first-order valence-electron chi connectivity index (χ1n) is 7.45. The van der Waals surface area contributed by atoms with Crippen molar-refractivity contribution in [2.45, 2.75) is 18.9 Å². The fraction of sp³-hybridized carbons (Fsp3) is 0.312. The molecule has 0 bridgehead atoms. The number of amides is 1. The SMILES string of the molecule is N#Cc1cccnc1N1CCCC(NC(=O)c2ccncn2)C1. The molecule has 7 heteroatoms. The molecule has 1 N–H and O–H groups in total. The van der Waals surface area contributed by atoms with Gasteiger partial charge in [-0.1, -0.05) is 0 Å². The van der Waals surface area contributed by atoms with E-state index in [4.69, 9.17) is 0 Å². The van der Waals surface area contributed by atoms with E-state index in [9.17, 15) is 10.1 Å². The summed E-state index contributed by atoms with van der Waals surface area (Å²) in [6.45, 7) is 1.45. The van der Waals surface area contributed by atoms with Gasteiger partial charge in [0, 0.05) is 31.5 Å². The number of nitrogens with one attached hydrogen (secondary N) is 1. The van der Waals surface area contributed by atoms with Crippen molar-refractivity contribution in [3.05, 3.63) is 48.2 Å². The molecule has 7 nitrogen and oxygen atoms in total. The molecule has 1 aliphatic heterocycles. The third-order valence-electron chi connectivity index (χ3n) is 3.78. The molecular formula is C16H16N6O. The second-order valence-electron chi connectivity index (χ2n) is 5.34. The normalized spacial score (nSPS) is 17.3. The molecule has 0 aliphatic carbocycles. The quantitative estimate of drug-likeness (QED) is 0.913. The molecule has 1 aliphatic rings. The first-order valence-corrected chi connectivity index (χ1v) is 7.45. The molecule has 1 saturated heterocycles. The van der Waals surface area contributed by atoms with E-state index >= 15 is 0 Å². The minimum absolute atomic E-state index is 0.000218. The number of aromatic nitrogens is 3. The van der Waals surface area contributed by atoms with Crippen molar-refractivity contribution in [2.24, 2.45) is 0 Å². The Kier molecular flexibility index (Phi) is 4.43. The summed E-state index contributed by atoms with van der Waals surface area (Å²) in [5.41, 5.74) is 0.906. The second kappa shape index (κ2) is 6.83. The van der Waals surface area contributed by atoms with Crippen molar-refractivity contribution >= 4 is 11.7 Å². The molecule has 3 heterocycles. The summed E-state index contributed by atoms with van der Waals surface area (Å²) in [7, 11) is 0. The molecular weight excluding hydrogens is 292 g/mol. The lowest BCUT2D eigenvalue weighted by atomic mass is 10.0. The van der Waals surface area contributed by atoms with Gasteiger partial charge in [0.15, 0.2) is 0 Å². The average molecular weight is 308 g/mol. The molecule has 1 amide bonds. The summed E-state index contributed by atoms with van der Waals surface area (Å²) in [6.07, 6.45) is 6.40. The van der Waals surface area contributed by atoms with Crippen LogP contribution in [0.15, 0.2) is 36.9 Å². The van der Waals surface area contributed by atoms with Gasteiger partial charge in [-0.25, -0.2) is 15.0 Å². The monoisotopic (exact) mass is 308 g/mol. The maximum Gasteiger partial charge on any atom is 0.270 e. The summed E-state index contributed by atoms with van der Waals surface area (Å²) in [5.74, 6) is 0.469. The molecule has 0 saturated carbocycles. The van der Waals surface area contributed by atoms with E-state index in [0.717, 1.165) is 19.4 Å². The van der Waals surface area contributed by atoms with Crippen molar-refractivity contribution < 1.29 is 4.79 Å². The van der Waals surface area contributed by atoms with Gasteiger partial charge in [-0.15, -0.1) is 0 Å². The number of pyridine rings is 1. The van der Waals surface area contributed by atoms with Crippen LogP contribution in [0.25, 0.3) is 0 Å². The number of hydrogen-bond donors (Lipinski definition) is 1. The Labute approximate surface area is 134 Å². The van der Waals surface area contributed by atoms with E-state index < -0.39 is 0 Å². The van der Waals surface area contributed by atoms with Crippen LogP contribution < -0.4 is 10.2 Å². The van der Waals surface area contributed by atoms with E-state index in [1.54, 1.807) is 30.6 Å². The van der Waals surface area contributed by atoms with Crippen LogP contribution in [0.3, 0.4) is 0 Å². The van der Waals surface area contributed by atoms with Crippen LogP contribution in [-0.4, -0.2) is 40.0 Å². The molecule has 3 rings (SSSR count). The minimum atomic E-state index is -0.208. The van der Waals surface area contributed by atoms with E-state index in [2.05, 4.69) is 26.3 Å². The molecule has 1 atom stereocenters. The summed E-state index contributed by atoms with van der Waals surface area (Å²) >= 11 is 0. The summed E-state index contributed by atoms with van der Waals surface area (Å²) in [5, 5.41) is 12.2. The predicted molar refractivity (Wildman–Crippen MR) is 83.7 cm³/mol. The minimum Gasteiger partial charge on any atom is -0.353 e. The Morgan fingerprint density at radius 3 is 3.04 bits per heavy atom. The van der Waals surface area contributed by atoms with Crippen LogP contribution in [0.1, 0.15) is 28.9 Å². The molecule has 1 fully saturated rings. The fourth-order valence-corrected chi connectivity index (χ4v) is 2.71. The first kappa shape index (κ1) is 14.9. The van der Waals surface area contributed by atoms with E-state index in [0.29, 0.717) is 23.6 Å². The number of piperidine rings is 1. The van der Waals surface area contributed by atoms with Gasteiger partial charge >= 0.3 is 0 Å². The Bertz CT molecular complexity index is 727. The summed E-state index contributed by atoms with van der Waals surface area (Å²) in [4.78, 5) is 26.3. The van der Waals surface area contributed by atoms with Crippen LogP contribution in [0.4, 0.5) is 5.82 Å². The number of carbonyl (C=O) groups excluding carboxylic acids is 1. The van der Waals surface area contributed by atoms with Gasteiger partial charge in [0.1, 0.15) is 23.9 Å². The molecule has 2 aromatic rings. The Morgan fingerprint density at radius 1 is 1.35 bits per heavy atom.